The van der Waals surface area contributed by atoms with Crippen LogP contribution in [0.1, 0.15) is 0 Å². The van der Waals surface area contributed by atoms with Crippen molar-refractivity contribution in [3.05, 3.63) is 18.5 Å². The summed E-state index contributed by atoms with van der Waals surface area (Å²) in [6.07, 6.45) is 5.09. The number of hydrogen-bond acceptors (Lipinski definition) is 5. The van der Waals surface area contributed by atoms with Gasteiger partial charge in [-0.2, -0.15) is 0 Å². The van der Waals surface area contributed by atoms with Gasteiger partial charge in [-0.3, -0.25) is 0 Å². The van der Waals surface area contributed by atoms with Crippen LogP contribution < -0.4 is 0 Å². The maximum Gasteiger partial charge on any atom is 0.187 e. The second-order valence-electron chi connectivity index (χ2n) is 1.81. The van der Waals surface area contributed by atoms with Gasteiger partial charge in [-0.25, -0.2) is 9.97 Å². The maximum atomic E-state index is 4.50. The van der Waals surface area contributed by atoms with Gasteiger partial charge in [0.1, 0.15) is 7.11 Å². The highest BCUT2D eigenvalue weighted by atomic mass is 32.2. The number of thioether (sulfide) groups is 1. The molecule has 0 radical (unpaired) electrons. The van der Waals surface area contributed by atoms with Crippen LogP contribution >= 0.6 is 11.8 Å². The van der Waals surface area contributed by atoms with E-state index in [0.717, 1.165) is 10.9 Å². The SMILES string of the molecule is CON=CCSc1ncccn1. The minimum absolute atomic E-state index is 0.720. The Morgan fingerprint density at radius 2 is 2.33 bits per heavy atom. The van der Waals surface area contributed by atoms with E-state index in [1.165, 1.54) is 18.9 Å². The molecule has 4 nitrogen and oxygen atoms in total. The molecule has 64 valence electrons. The fourth-order valence-electron chi connectivity index (χ4n) is 0.577. The Hall–Kier alpha value is -1.10. The lowest BCUT2D eigenvalue weighted by molar-refractivity contribution is 0.215. The van der Waals surface area contributed by atoms with Crippen molar-refractivity contribution in [2.45, 2.75) is 5.16 Å². The first kappa shape index (κ1) is 8.99. The van der Waals surface area contributed by atoms with Crippen molar-refractivity contribution in [1.82, 2.24) is 9.97 Å². The van der Waals surface area contributed by atoms with Crippen LogP contribution in [0.3, 0.4) is 0 Å². The molecule has 0 aromatic carbocycles. The van der Waals surface area contributed by atoms with Gasteiger partial charge < -0.3 is 4.84 Å². The minimum Gasteiger partial charge on any atom is -0.399 e. The Bertz CT molecular complexity index is 240. The number of aromatic nitrogens is 2. The molecule has 1 rings (SSSR count). The molecule has 0 N–H and O–H groups in total. The third kappa shape index (κ3) is 3.34. The van der Waals surface area contributed by atoms with Crippen molar-refractivity contribution in [2.24, 2.45) is 5.16 Å². The summed E-state index contributed by atoms with van der Waals surface area (Å²) in [7, 11) is 1.51. The molecule has 0 aliphatic rings. The van der Waals surface area contributed by atoms with Crippen LogP contribution in [0.2, 0.25) is 0 Å². The summed E-state index contributed by atoms with van der Waals surface area (Å²) in [5, 5.41) is 4.34. The zero-order valence-corrected chi connectivity index (χ0v) is 7.49. The van der Waals surface area contributed by atoms with Gasteiger partial charge in [0.05, 0.1) is 6.21 Å². The molecular formula is C7H9N3OS. The average molecular weight is 183 g/mol. The number of rotatable bonds is 4. The van der Waals surface area contributed by atoms with E-state index in [9.17, 15) is 0 Å². The summed E-state index contributed by atoms with van der Waals surface area (Å²) in [5.41, 5.74) is 0. The monoisotopic (exact) mass is 183 g/mol. The highest BCUT2D eigenvalue weighted by Crippen LogP contribution is 2.08. The van der Waals surface area contributed by atoms with Crippen LogP contribution in [-0.4, -0.2) is 29.0 Å². The van der Waals surface area contributed by atoms with Crippen molar-refractivity contribution in [1.29, 1.82) is 0 Å². The first-order valence-corrected chi connectivity index (χ1v) is 4.37. The fraction of sp³-hybridized carbons (Fsp3) is 0.286. The van der Waals surface area contributed by atoms with Gasteiger partial charge in [-0.1, -0.05) is 16.9 Å². The largest absolute Gasteiger partial charge is 0.399 e. The number of hydrogen-bond donors (Lipinski definition) is 0. The smallest absolute Gasteiger partial charge is 0.187 e. The standard InChI is InChI=1S/C7H9N3OS/c1-11-10-5-6-12-7-8-3-2-4-9-7/h2-5H,6H2,1H3. The molecule has 0 spiro atoms. The van der Waals surface area contributed by atoms with Gasteiger partial charge in [0.2, 0.25) is 0 Å². The third-order valence-electron chi connectivity index (χ3n) is 1.01. The van der Waals surface area contributed by atoms with E-state index in [1.54, 1.807) is 24.7 Å². The van der Waals surface area contributed by atoms with Crippen LogP contribution in [0.4, 0.5) is 0 Å². The molecule has 0 atom stereocenters. The van der Waals surface area contributed by atoms with Crippen LogP contribution in [-0.2, 0) is 4.84 Å². The van der Waals surface area contributed by atoms with Gasteiger partial charge in [0, 0.05) is 18.1 Å². The van der Waals surface area contributed by atoms with Crippen LogP contribution in [0, 0.1) is 0 Å². The van der Waals surface area contributed by atoms with E-state index in [1.807, 2.05) is 0 Å². The Labute approximate surface area is 75.1 Å². The first-order chi connectivity index (χ1) is 5.93. The predicted octanol–water partition coefficient (Wildman–Crippen LogP) is 1.20. The highest BCUT2D eigenvalue weighted by Gasteiger charge is 1.91. The second-order valence-corrected chi connectivity index (χ2v) is 2.80. The lowest BCUT2D eigenvalue weighted by Gasteiger charge is -1.92. The van der Waals surface area contributed by atoms with Gasteiger partial charge in [-0.05, 0) is 6.07 Å². The highest BCUT2D eigenvalue weighted by molar-refractivity contribution is 7.99. The Balaban J connectivity index is 2.29. The van der Waals surface area contributed by atoms with Crippen molar-refractivity contribution >= 4 is 18.0 Å². The van der Waals surface area contributed by atoms with Crippen LogP contribution in [0.5, 0.6) is 0 Å². The van der Waals surface area contributed by atoms with Gasteiger partial charge in [-0.15, -0.1) is 0 Å². The Morgan fingerprint density at radius 1 is 1.58 bits per heavy atom. The number of nitrogens with zero attached hydrogens (tertiary/aromatic N) is 3. The average Bonchev–Trinajstić information content (AvgIpc) is 2.14. The summed E-state index contributed by atoms with van der Waals surface area (Å²) >= 11 is 1.51. The Morgan fingerprint density at radius 3 is 3.00 bits per heavy atom. The van der Waals surface area contributed by atoms with Crippen LogP contribution in [0.15, 0.2) is 28.8 Å². The summed E-state index contributed by atoms with van der Waals surface area (Å²) < 4.78 is 0. The van der Waals surface area contributed by atoms with E-state index in [0.29, 0.717) is 0 Å². The molecule has 0 saturated carbocycles. The molecule has 1 aromatic heterocycles. The summed E-state index contributed by atoms with van der Waals surface area (Å²) in [6.45, 7) is 0. The summed E-state index contributed by atoms with van der Waals surface area (Å²) in [4.78, 5) is 12.5. The summed E-state index contributed by atoms with van der Waals surface area (Å²) in [6, 6.07) is 1.79. The molecule has 1 aromatic rings. The molecule has 5 heteroatoms. The zero-order chi connectivity index (χ0) is 8.65. The lowest BCUT2D eigenvalue weighted by Crippen LogP contribution is -1.86. The van der Waals surface area contributed by atoms with E-state index in [2.05, 4.69) is 20.0 Å². The fourth-order valence-corrected chi connectivity index (χ4v) is 1.13. The lowest BCUT2D eigenvalue weighted by atomic mass is 10.7. The minimum atomic E-state index is 0.720. The van der Waals surface area contributed by atoms with Gasteiger partial charge in [0.15, 0.2) is 5.16 Å². The van der Waals surface area contributed by atoms with Crippen molar-refractivity contribution < 1.29 is 4.84 Å². The van der Waals surface area contributed by atoms with Crippen molar-refractivity contribution in [3.8, 4) is 0 Å². The molecule has 0 fully saturated rings. The quantitative estimate of drug-likeness (QED) is 0.304. The molecule has 0 unspecified atom stereocenters. The molecule has 0 bridgehead atoms. The predicted molar refractivity (Wildman–Crippen MR) is 48.3 cm³/mol. The van der Waals surface area contributed by atoms with Crippen LogP contribution in [0.25, 0.3) is 0 Å². The Kier molecular flexibility index (Phi) is 4.15. The number of oxime groups is 1. The van der Waals surface area contributed by atoms with Crippen molar-refractivity contribution in [3.63, 3.8) is 0 Å². The zero-order valence-electron chi connectivity index (χ0n) is 6.67. The first-order valence-electron chi connectivity index (χ1n) is 3.38. The molecule has 0 aliphatic carbocycles. The van der Waals surface area contributed by atoms with Gasteiger partial charge in [0.25, 0.3) is 0 Å². The third-order valence-corrected chi connectivity index (χ3v) is 1.79. The van der Waals surface area contributed by atoms with Crippen molar-refractivity contribution in [2.75, 3.05) is 12.9 Å². The molecule has 1 heterocycles. The molecule has 12 heavy (non-hydrogen) atoms. The molecule has 0 saturated heterocycles. The molecule has 0 aliphatic heterocycles. The topological polar surface area (TPSA) is 47.4 Å². The second kappa shape index (κ2) is 5.54. The van der Waals surface area contributed by atoms with E-state index < -0.39 is 0 Å². The molecule has 0 amide bonds. The summed E-state index contributed by atoms with van der Waals surface area (Å²) in [5.74, 6) is 0.720. The van der Waals surface area contributed by atoms with E-state index in [4.69, 9.17) is 0 Å². The normalized spacial score (nSPS) is 10.4. The van der Waals surface area contributed by atoms with E-state index >= 15 is 0 Å². The molecular weight excluding hydrogens is 174 g/mol. The maximum absolute atomic E-state index is 4.50. The van der Waals surface area contributed by atoms with E-state index in [-0.39, 0.29) is 0 Å². The van der Waals surface area contributed by atoms with Gasteiger partial charge >= 0.3 is 0 Å².